The molecule has 1 unspecified atom stereocenters. The first-order valence-electron chi connectivity index (χ1n) is 10.5. The van der Waals surface area contributed by atoms with Gasteiger partial charge in [-0.25, -0.2) is 4.79 Å². The highest BCUT2D eigenvalue weighted by Gasteiger charge is 2.35. The number of carbonyl (C=O) groups excluding carboxylic acids is 1. The summed E-state index contributed by atoms with van der Waals surface area (Å²) >= 11 is 0. The molecule has 0 saturated heterocycles. The van der Waals surface area contributed by atoms with E-state index in [0.717, 1.165) is 37.8 Å². The minimum Gasteiger partial charge on any atom is -0.406 e. The van der Waals surface area contributed by atoms with Gasteiger partial charge in [0.2, 0.25) is 0 Å². The van der Waals surface area contributed by atoms with Crippen LogP contribution in [0.15, 0.2) is 48.5 Å². The number of benzene rings is 2. The molecule has 2 aromatic rings. The quantitative estimate of drug-likeness (QED) is 0.490. The Balaban J connectivity index is 1.98. The largest absolute Gasteiger partial charge is 0.573 e. The molecule has 0 radical (unpaired) electrons. The van der Waals surface area contributed by atoms with Crippen LogP contribution in [0.25, 0.3) is 0 Å². The Bertz CT molecular complexity index is 908. The zero-order valence-electron chi connectivity index (χ0n) is 17.8. The molecule has 10 heteroatoms. The molecule has 0 bridgehead atoms. The van der Waals surface area contributed by atoms with E-state index in [4.69, 9.17) is 0 Å². The summed E-state index contributed by atoms with van der Waals surface area (Å²) in [4.78, 5) is 12.8. The highest BCUT2D eigenvalue weighted by atomic mass is 19.4. The summed E-state index contributed by atoms with van der Waals surface area (Å²) in [5.41, 5.74) is -0.966. The number of hydrogen-bond acceptors (Lipinski definition) is 2. The van der Waals surface area contributed by atoms with E-state index in [1.807, 2.05) is 0 Å². The zero-order chi connectivity index (χ0) is 24.3. The molecule has 0 aliphatic heterocycles. The van der Waals surface area contributed by atoms with Crippen LogP contribution in [0.5, 0.6) is 5.75 Å². The highest BCUT2D eigenvalue weighted by molar-refractivity contribution is 5.76. The van der Waals surface area contributed by atoms with Crippen molar-refractivity contribution >= 4 is 6.03 Å². The van der Waals surface area contributed by atoms with E-state index in [9.17, 15) is 31.1 Å². The Labute approximate surface area is 187 Å². The molecule has 4 nitrogen and oxygen atoms in total. The molecule has 0 spiro atoms. The number of rotatable bonds is 6. The van der Waals surface area contributed by atoms with Gasteiger partial charge >= 0.3 is 18.6 Å². The average molecular weight is 474 g/mol. The summed E-state index contributed by atoms with van der Waals surface area (Å²) in [6.45, 7) is 1.53. The maximum Gasteiger partial charge on any atom is 0.573 e. The van der Waals surface area contributed by atoms with E-state index < -0.39 is 36.3 Å². The van der Waals surface area contributed by atoms with Crippen LogP contribution in [-0.4, -0.2) is 24.6 Å². The number of ether oxygens (including phenoxy) is 1. The van der Waals surface area contributed by atoms with Gasteiger partial charge in [0, 0.05) is 6.04 Å². The molecular formula is C23H24F6N2O2. The maximum absolute atomic E-state index is 12.9. The molecule has 0 aromatic heterocycles. The van der Waals surface area contributed by atoms with Crippen molar-refractivity contribution in [1.29, 1.82) is 0 Å². The SMILES string of the molecule is CC(NC(=O)NC1CCCC1)(c1cccc(CC(F)(F)F)c1)c1cccc(OC(F)(F)F)c1. The van der Waals surface area contributed by atoms with Crippen molar-refractivity contribution in [2.75, 3.05) is 0 Å². The van der Waals surface area contributed by atoms with Gasteiger partial charge in [0.25, 0.3) is 0 Å². The van der Waals surface area contributed by atoms with Crippen LogP contribution in [0.4, 0.5) is 31.1 Å². The number of alkyl halides is 6. The molecule has 0 heterocycles. The molecule has 1 atom stereocenters. The van der Waals surface area contributed by atoms with E-state index in [0.29, 0.717) is 0 Å². The molecule has 33 heavy (non-hydrogen) atoms. The fraction of sp³-hybridized carbons (Fsp3) is 0.435. The first-order chi connectivity index (χ1) is 15.3. The lowest BCUT2D eigenvalue weighted by molar-refractivity contribution is -0.274. The Morgan fingerprint density at radius 3 is 2.18 bits per heavy atom. The minimum atomic E-state index is -4.92. The van der Waals surface area contributed by atoms with Gasteiger partial charge in [0.15, 0.2) is 0 Å². The molecule has 2 aromatic carbocycles. The third-order valence-electron chi connectivity index (χ3n) is 5.61. The summed E-state index contributed by atoms with van der Waals surface area (Å²) in [5.74, 6) is -0.504. The summed E-state index contributed by atoms with van der Waals surface area (Å²) in [5, 5.41) is 5.60. The molecule has 2 N–H and O–H groups in total. The van der Waals surface area contributed by atoms with Crippen molar-refractivity contribution in [2.24, 2.45) is 0 Å². The van der Waals surface area contributed by atoms with Crippen LogP contribution in [0, 0.1) is 0 Å². The molecule has 2 amide bonds. The summed E-state index contributed by atoms with van der Waals surface area (Å²) in [7, 11) is 0. The fourth-order valence-corrected chi connectivity index (χ4v) is 4.06. The average Bonchev–Trinajstić information content (AvgIpc) is 3.18. The van der Waals surface area contributed by atoms with Gasteiger partial charge in [-0.2, -0.15) is 13.2 Å². The van der Waals surface area contributed by atoms with Crippen molar-refractivity contribution in [3.63, 3.8) is 0 Å². The number of carbonyl (C=O) groups is 1. The van der Waals surface area contributed by atoms with Crippen LogP contribution in [0.3, 0.4) is 0 Å². The predicted molar refractivity (Wildman–Crippen MR) is 110 cm³/mol. The Hall–Kier alpha value is -2.91. The standard InChI is InChI=1S/C23H24F6N2O2/c1-21(31-20(32)30-18-9-2-3-10-18,16-7-4-6-15(12-16)14-22(24,25)26)17-8-5-11-19(13-17)33-23(27,28)29/h4-8,11-13,18H,2-3,9-10,14H2,1H3,(H2,30,31,32). The summed E-state index contributed by atoms with van der Waals surface area (Å²) in [6.07, 6.45) is -6.99. The Kier molecular flexibility index (Phi) is 7.14. The van der Waals surface area contributed by atoms with Crippen LogP contribution in [-0.2, 0) is 12.0 Å². The lowest BCUT2D eigenvalue weighted by atomic mass is 9.83. The monoisotopic (exact) mass is 474 g/mol. The van der Waals surface area contributed by atoms with Gasteiger partial charge in [-0.15, -0.1) is 13.2 Å². The molecule has 1 fully saturated rings. The van der Waals surface area contributed by atoms with Crippen LogP contribution < -0.4 is 15.4 Å². The van der Waals surface area contributed by atoms with E-state index in [2.05, 4.69) is 15.4 Å². The van der Waals surface area contributed by atoms with Crippen molar-refractivity contribution in [3.8, 4) is 5.75 Å². The van der Waals surface area contributed by atoms with Crippen LogP contribution >= 0.6 is 0 Å². The third-order valence-corrected chi connectivity index (χ3v) is 5.61. The fourth-order valence-electron chi connectivity index (χ4n) is 4.06. The third kappa shape index (κ3) is 7.03. The van der Waals surface area contributed by atoms with Crippen molar-refractivity contribution in [1.82, 2.24) is 10.6 Å². The lowest BCUT2D eigenvalue weighted by Crippen LogP contribution is -2.51. The summed E-state index contributed by atoms with van der Waals surface area (Å²) < 4.78 is 81.0. The second-order valence-electron chi connectivity index (χ2n) is 8.27. The van der Waals surface area contributed by atoms with Crippen LogP contribution in [0.2, 0.25) is 0 Å². The first-order valence-corrected chi connectivity index (χ1v) is 10.5. The number of nitrogens with one attached hydrogen (secondary N) is 2. The van der Waals surface area contributed by atoms with Crippen molar-refractivity contribution < 1.29 is 35.9 Å². The smallest absolute Gasteiger partial charge is 0.406 e. The van der Waals surface area contributed by atoms with Gasteiger partial charge in [0.1, 0.15) is 5.75 Å². The number of hydrogen-bond donors (Lipinski definition) is 2. The molecule has 180 valence electrons. The van der Waals surface area contributed by atoms with E-state index in [1.165, 1.54) is 43.3 Å². The summed E-state index contributed by atoms with van der Waals surface area (Å²) in [6, 6.07) is 9.96. The normalized spacial score (nSPS) is 16.8. The molecule has 1 aliphatic rings. The minimum absolute atomic E-state index is 0.0353. The number of halogens is 6. The van der Waals surface area contributed by atoms with Gasteiger partial charge in [-0.05, 0) is 48.6 Å². The Morgan fingerprint density at radius 1 is 0.970 bits per heavy atom. The van der Waals surface area contributed by atoms with E-state index in [-0.39, 0.29) is 22.7 Å². The van der Waals surface area contributed by atoms with Crippen LogP contribution in [0.1, 0.15) is 49.3 Å². The first kappa shape index (κ1) is 24.7. The van der Waals surface area contributed by atoms with Crippen molar-refractivity contribution in [3.05, 3.63) is 65.2 Å². The number of urea groups is 1. The number of amides is 2. The zero-order valence-corrected chi connectivity index (χ0v) is 17.8. The van der Waals surface area contributed by atoms with Crippen molar-refractivity contribution in [2.45, 2.75) is 63.1 Å². The highest BCUT2D eigenvalue weighted by Crippen LogP contribution is 2.34. The second-order valence-corrected chi connectivity index (χ2v) is 8.27. The van der Waals surface area contributed by atoms with E-state index in [1.54, 1.807) is 0 Å². The second kappa shape index (κ2) is 9.52. The molecule has 1 saturated carbocycles. The predicted octanol–water partition coefficient (Wildman–Crippen LogP) is 6.20. The topological polar surface area (TPSA) is 50.4 Å². The molecular weight excluding hydrogens is 450 g/mol. The van der Waals surface area contributed by atoms with Gasteiger partial charge in [-0.3, -0.25) is 0 Å². The van der Waals surface area contributed by atoms with E-state index >= 15 is 0 Å². The Morgan fingerprint density at radius 2 is 1.58 bits per heavy atom. The lowest BCUT2D eigenvalue weighted by Gasteiger charge is -2.33. The maximum atomic E-state index is 12.9. The van der Waals surface area contributed by atoms with Gasteiger partial charge in [-0.1, -0.05) is 49.2 Å². The van der Waals surface area contributed by atoms with Gasteiger partial charge in [0.05, 0.1) is 12.0 Å². The molecule has 3 rings (SSSR count). The van der Waals surface area contributed by atoms with Gasteiger partial charge < -0.3 is 15.4 Å². The molecule has 1 aliphatic carbocycles.